The Morgan fingerprint density at radius 1 is 1.04 bits per heavy atom. The first-order valence-electron chi connectivity index (χ1n) is 9.28. The van der Waals surface area contributed by atoms with Crippen LogP contribution in [0.3, 0.4) is 0 Å². The number of ether oxygens (including phenoxy) is 1. The lowest BCUT2D eigenvalue weighted by Gasteiger charge is -2.26. The van der Waals surface area contributed by atoms with Gasteiger partial charge in [0.2, 0.25) is 0 Å². The Morgan fingerprint density at radius 2 is 1.71 bits per heavy atom. The third-order valence-electron chi connectivity index (χ3n) is 4.67. The van der Waals surface area contributed by atoms with E-state index in [1.165, 1.54) is 18.2 Å². The van der Waals surface area contributed by atoms with Crippen molar-refractivity contribution in [3.8, 4) is 5.75 Å². The molecule has 7 heteroatoms. The molecule has 0 heterocycles. The van der Waals surface area contributed by atoms with Crippen LogP contribution in [0.2, 0.25) is 0 Å². The molecule has 0 atom stereocenters. The van der Waals surface area contributed by atoms with Crippen LogP contribution in [0.4, 0.5) is 10.1 Å². The molecule has 1 aliphatic rings. The molecule has 0 radical (unpaired) electrons. The minimum absolute atomic E-state index is 0.00769. The van der Waals surface area contributed by atoms with Gasteiger partial charge in [0.05, 0.1) is 17.4 Å². The summed E-state index contributed by atoms with van der Waals surface area (Å²) >= 11 is 0. The Balaban J connectivity index is 1.58. The molecule has 0 saturated heterocycles. The summed E-state index contributed by atoms with van der Waals surface area (Å²) in [6.07, 6.45) is 2.48. The van der Waals surface area contributed by atoms with Crippen LogP contribution in [0.15, 0.2) is 48.5 Å². The molecule has 1 fully saturated rings. The van der Waals surface area contributed by atoms with Crippen molar-refractivity contribution < 1.29 is 23.8 Å². The van der Waals surface area contributed by atoms with Gasteiger partial charge in [0.15, 0.2) is 6.61 Å². The van der Waals surface area contributed by atoms with Crippen molar-refractivity contribution in [3.05, 3.63) is 59.9 Å². The molecular formula is C21H23FN2O4. The molecule has 2 aromatic carbocycles. The summed E-state index contributed by atoms with van der Waals surface area (Å²) in [6.45, 7) is -0.353. The van der Waals surface area contributed by atoms with E-state index < -0.39 is 11.7 Å². The van der Waals surface area contributed by atoms with Crippen molar-refractivity contribution in [3.63, 3.8) is 0 Å². The molecule has 2 aromatic rings. The van der Waals surface area contributed by atoms with Crippen LogP contribution in [-0.4, -0.2) is 35.7 Å². The van der Waals surface area contributed by atoms with Crippen LogP contribution in [-0.2, 0) is 4.79 Å². The van der Waals surface area contributed by atoms with Gasteiger partial charge in [-0.15, -0.1) is 0 Å². The minimum Gasteiger partial charge on any atom is -0.483 e. The highest BCUT2D eigenvalue weighted by Crippen LogP contribution is 2.22. The third kappa shape index (κ3) is 5.29. The van der Waals surface area contributed by atoms with Gasteiger partial charge < -0.3 is 20.5 Å². The Kier molecular flexibility index (Phi) is 6.60. The van der Waals surface area contributed by atoms with Gasteiger partial charge in [-0.25, -0.2) is 4.39 Å². The average molecular weight is 386 g/mol. The van der Waals surface area contributed by atoms with Crippen LogP contribution in [0.25, 0.3) is 0 Å². The van der Waals surface area contributed by atoms with E-state index in [0.717, 1.165) is 12.8 Å². The number of hydrogen-bond donors (Lipinski definition) is 3. The summed E-state index contributed by atoms with van der Waals surface area (Å²) in [4.78, 5) is 24.6. The maximum Gasteiger partial charge on any atom is 0.262 e. The predicted molar refractivity (Wildman–Crippen MR) is 103 cm³/mol. The van der Waals surface area contributed by atoms with Gasteiger partial charge in [-0.3, -0.25) is 9.59 Å². The average Bonchev–Trinajstić information content (AvgIpc) is 2.70. The van der Waals surface area contributed by atoms with Gasteiger partial charge >= 0.3 is 0 Å². The number of aliphatic hydroxyl groups is 1. The minimum atomic E-state index is -0.534. The summed E-state index contributed by atoms with van der Waals surface area (Å²) in [6, 6.07) is 12.5. The van der Waals surface area contributed by atoms with Gasteiger partial charge in [0.25, 0.3) is 11.8 Å². The number of hydrogen-bond acceptors (Lipinski definition) is 4. The lowest BCUT2D eigenvalue weighted by atomic mass is 9.93. The van der Waals surface area contributed by atoms with Crippen LogP contribution in [0.5, 0.6) is 5.75 Å². The molecule has 148 valence electrons. The van der Waals surface area contributed by atoms with Crippen LogP contribution in [0, 0.1) is 5.82 Å². The zero-order valence-corrected chi connectivity index (χ0v) is 15.4. The van der Waals surface area contributed by atoms with E-state index in [2.05, 4.69) is 10.6 Å². The molecule has 1 saturated carbocycles. The number of para-hydroxylation sites is 2. The van der Waals surface area contributed by atoms with Gasteiger partial charge in [-0.2, -0.15) is 0 Å². The predicted octanol–water partition coefficient (Wildman–Crippen LogP) is 2.88. The maximum atomic E-state index is 13.6. The molecule has 28 heavy (non-hydrogen) atoms. The van der Waals surface area contributed by atoms with E-state index in [1.54, 1.807) is 30.3 Å². The molecule has 6 nitrogen and oxygen atoms in total. The molecule has 0 aliphatic heterocycles. The lowest BCUT2D eigenvalue weighted by molar-refractivity contribution is -0.118. The zero-order valence-electron chi connectivity index (χ0n) is 15.4. The van der Waals surface area contributed by atoms with E-state index in [4.69, 9.17) is 4.74 Å². The van der Waals surface area contributed by atoms with Crippen molar-refractivity contribution in [1.82, 2.24) is 5.32 Å². The van der Waals surface area contributed by atoms with Crippen LogP contribution >= 0.6 is 0 Å². The first-order chi connectivity index (χ1) is 13.5. The zero-order chi connectivity index (χ0) is 19.9. The largest absolute Gasteiger partial charge is 0.483 e. The smallest absolute Gasteiger partial charge is 0.262 e. The van der Waals surface area contributed by atoms with Crippen molar-refractivity contribution in [2.45, 2.75) is 37.8 Å². The van der Waals surface area contributed by atoms with Gasteiger partial charge in [-0.1, -0.05) is 24.3 Å². The van der Waals surface area contributed by atoms with E-state index in [0.29, 0.717) is 18.4 Å². The van der Waals surface area contributed by atoms with Gasteiger partial charge in [0, 0.05) is 6.04 Å². The van der Waals surface area contributed by atoms with Gasteiger partial charge in [0.1, 0.15) is 11.6 Å². The monoisotopic (exact) mass is 386 g/mol. The van der Waals surface area contributed by atoms with Crippen molar-refractivity contribution in [2.75, 3.05) is 11.9 Å². The van der Waals surface area contributed by atoms with Crippen molar-refractivity contribution >= 4 is 17.5 Å². The van der Waals surface area contributed by atoms with E-state index >= 15 is 0 Å². The Hall–Kier alpha value is -2.93. The summed E-state index contributed by atoms with van der Waals surface area (Å²) < 4.78 is 19.1. The fourth-order valence-corrected chi connectivity index (χ4v) is 3.16. The number of nitrogens with one attached hydrogen (secondary N) is 2. The molecule has 1 aliphatic carbocycles. The molecular weight excluding hydrogens is 363 g/mol. The topological polar surface area (TPSA) is 87.7 Å². The molecule has 3 N–H and O–H groups in total. The second kappa shape index (κ2) is 9.32. The second-order valence-corrected chi connectivity index (χ2v) is 6.79. The highest BCUT2D eigenvalue weighted by Gasteiger charge is 2.22. The highest BCUT2D eigenvalue weighted by atomic mass is 19.1. The standard InChI is InChI=1S/C21H23FN2O4/c22-17-6-2-3-7-18(17)24-20(26)13-28-19-8-4-1-5-16(19)21(27)23-14-9-11-15(25)12-10-14/h1-8,14-15,25H,9-13H2,(H,23,27)(H,24,26). The first-order valence-corrected chi connectivity index (χ1v) is 9.28. The van der Waals surface area contributed by atoms with Crippen LogP contribution in [0.1, 0.15) is 36.0 Å². The SMILES string of the molecule is O=C(COc1ccccc1C(=O)NC1CCC(O)CC1)Nc1ccccc1F. The van der Waals surface area contributed by atoms with Crippen molar-refractivity contribution in [1.29, 1.82) is 0 Å². The van der Waals surface area contributed by atoms with Gasteiger partial charge in [-0.05, 0) is 49.9 Å². The van der Waals surface area contributed by atoms with E-state index in [1.807, 2.05) is 0 Å². The summed E-state index contributed by atoms with van der Waals surface area (Å²) in [5, 5.41) is 15.0. The number of halogens is 1. The fraction of sp³-hybridized carbons (Fsp3) is 0.333. The highest BCUT2D eigenvalue weighted by molar-refractivity contribution is 5.97. The molecule has 0 bridgehead atoms. The Morgan fingerprint density at radius 3 is 2.46 bits per heavy atom. The summed E-state index contributed by atoms with van der Waals surface area (Å²) in [5.41, 5.74) is 0.397. The van der Waals surface area contributed by atoms with Crippen LogP contribution < -0.4 is 15.4 Å². The Bertz CT molecular complexity index is 835. The Labute approximate surface area is 162 Å². The first kappa shape index (κ1) is 19.8. The third-order valence-corrected chi connectivity index (χ3v) is 4.67. The number of anilines is 1. The molecule has 2 amide bonds. The van der Waals surface area contributed by atoms with Crippen molar-refractivity contribution in [2.24, 2.45) is 0 Å². The molecule has 0 aromatic heterocycles. The summed E-state index contributed by atoms with van der Waals surface area (Å²) in [7, 11) is 0. The number of amides is 2. The number of benzene rings is 2. The molecule has 0 spiro atoms. The van der Waals surface area contributed by atoms with E-state index in [-0.39, 0.29) is 36.1 Å². The molecule has 3 rings (SSSR count). The molecule has 0 unspecified atom stereocenters. The quantitative estimate of drug-likeness (QED) is 0.712. The summed E-state index contributed by atoms with van der Waals surface area (Å²) in [5.74, 6) is -1.07. The van der Waals surface area contributed by atoms with E-state index in [9.17, 15) is 19.1 Å². The second-order valence-electron chi connectivity index (χ2n) is 6.79. The number of rotatable bonds is 6. The number of aliphatic hydroxyl groups excluding tert-OH is 1. The number of carbonyl (C=O) groups is 2. The fourth-order valence-electron chi connectivity index (χ4n) is 3.16. The lowest BCUT2D eigenvalue weighted by Crippen LogP contribution is -2.38. The maximum absolute atomic E-state index is 13.6. The number of carbonyl (C=O) groups excluding carboxylic acids is 2. The normalized spacial score (nSPS) is 18.9.